The third kappa shape index (κ3) is 4.16. The van der Waals surface area contributed by atoms with E-state index in [9.17, 15) is 23.4 Å². The summed E-state index contributed by atoms with van der Waals surface area (Å²) in [6, 6.07) is 8.48. The first-order valence-electron chi connectivity index (χ1n) is 6.54. The van der Waals surface area contributed by atoms with Gasteiger partial charge in [0.15, 0.2) is 9.84 Å². The summed E-state index contributed by atoms with van der Waals surface area (Å²) in [5, 5.41) is 18.6. The van der Waals surface area contributed by atoms with Crippen LogP contribution in [-0.2, 0) is 14.6 Å². The zero-order valence-electron chi connectivity index (χ0n) is 12.2. The van der Waals surface area contributed by atoms with Crippen molar-refractivity contribution >= 4 is 16.0 Å². The molecule has 0 radical (unpaired) electrons. The number of benzene rings is 1. The lowest BCUT2D eigenvalue weighted by molar-refractivity contribution is 0.0390. The SMILES string of the molecule is Cc1ccc(S(=O)(=O)CCOC(=O)On2c(O)ccc2O)cc1. The van der Waals surface area contributed by atoms with Crippen LogP contribution in [0.25, 0.3) is 0 Å². The summed E-state index contributed by atoms with van der Waals surface area (Å²) in [7, 11) is -3.59. The Kier molecular flexibility index (Phi) is 4.80. The fourth-order valence-electron chi connectivity index (χ4n) is 1.69. The van der Waals surface area contributed by atoms with Crippen molar-refractivity contribution < 1.29 is 33.0 Å². The summed E-state index contributed by atoms with van der Waals surface area (Å²) < 4.78 is 29.1. The van der Waals surface area contributed by atoms with Crippen LogP contribution in [0.2, 0.25) is 0 Å². The molecule has 0 spiro atoms. The number of hydrogen-bond acceptors (Lipinski definition) is 7. The van der Waals surface area contributed by atoms with Crippen LogP contribution in [0.5, 0.6) is 11.8 Å². The van der Waals surface area contributed by atoms with E-state index in [2.05, 4.69) is 9.57 Å². The Hall–Kier alpha value is -2.68. The molecule has 2 aromatic rings. The lowest BCUT2D eigenvalue weighted by Gasteiger charge is -2.08. The molecule has 1 aromatic heterocycles. The summed E-state index contributed by atoms with van der Waals surface area (Å²) in [6.07, 6.45) is -1.26. The Morgan fingerprint density at radius 3 is 2.22 bits per heavy atom. The average Bonchev–Trinajstić information content (AvgIpc) is 2.79. The molecule has 2 N–H and O–H groups in total. The fourth-order valence-corrected chi connectivity index (χ4v) is 2.78. The van der Waals surface area contributed by atoms with E-state index in [1.807, 2.05) is 6.92 Å². The van der Waals surface area contributed by atoms with E-state index in [0.717, 1.165) is 17.7 Å². The summed E-state index contributed by atoms with van der Waals surface area (Å²) in [5.41, 5.74) is 0.926. The zero-order chi connectivity index (χ0) is 17.0. The lowest BCUT2D eigenvalue weighted by Crippen LogP contribution is -2.23. The highest BCUT2D eigenvalue weighted by Crippen LogP contribution is 2.18. The summed E-state index contributed by atoms with van der Waals surface area (Å²) >= 11 is 0. The molecule has 1 aromatic carbocycles. The van der Waals surface area contributed by atoms with E-state index >= 15 is 0 Å². The summed E-state index contributed by atoms with van der Waals surface area (Å²) in [6.45, 7) is 1.40. The molecule has 0 fully saturated rings. The number of carbonyl (C=O) groups is 1. The number of hydrogen-bond donors (Lipinski definition) is 2. The van der Waals surface area contributed by atoms with Crippen molar-refractivity contribution in [1.82, 2.24) is 4.73 Å². The predicted octanol–water partition coefficient (Wildman–Crippen LogP) is 1.25. The first kappa shape index (κ1) is 16.7. The molecule has 0 bridgehead atoms. The minimum absolute atomic E-state index is 0.126. The van der Waals surface area contributed by atoms with Crippen molar-refractivity contribution in [3.05, 3.63) is 42.0 Å². The minimum Gasteiger partial charge on any atom is -0.492 e. The van der Waals surface area contributed by atoms with E-state index in [4.69, 9.17) is 0 Å². The van der Waals surface area contributed by atoms with Gasteiger partial charge in [-0.3, -0.25) is 4.84 Å². The molecular formula is C14H15NO7S. The number of nitrogens with zero attached hydrogens (tertiary/aromatic N) is 1. The van der Waals surface area contributed by atoms with Crippen LogP contribution in [0, 0.1) is 6.92 Å². The molecule has 9 heteroatoms. The number of sulfone groups is 1. The zero-order valence-corrected chi connectivity index (χ0v) is 13.0. The smallest absolute Gasteiger partial charge is 0.492 e. The van der Waals surface area contributed by atoms with Crippen molar-refractivity contribution in [3.8, 4) is 11.8 Å². The van der Waals surface area contributed by atoms with Gasteiger partial charge in [-0.2, -0.15) is 0 Å². The Morgan fingerprint density at radius 2 is 1.65 bits per heavy atom. The molecule has 0 aliphatic carbocycles. The van der Waals surface area contributed by atoms with E-state index in [1.54, 1.807) is 12.1 Å². The maximum absolute atomic E-state index is 12.0. The molecule has 0 saturated heterocycles. The highest BCUT2D eigenvalue weighted by atomic mass is 32.2. The van der Waals surface area contributed by atoms with Gasteiger partial charge in [0.1, 0.15) is 6.61 Å². The Morgan fingerprint density at radius 1 is 1.09 bits per heavy atom. The second-order valence-corrected chi connectivity index (χ2v) is 6.77. The summed E-state index contributed by atoms with van der Waals surface area (Å²) in [4.78, 5) is 16.0. The van der Waals surface area contributed by atoms with Crippen molar-refractivity contribution in [3.63, 3.8) is 0 Å². The standard InChI is InChI=1S/C14H15NO7S/c1-10-2-4-11(5-3-10)23(19,20)9-8-21-14(18)22-15-12(16)6-7-13(15)17/h2-7,16-17H,8-9H2,1H3. The Bertz CT molecular complexity index is 774. The molecule has 0 aliphatic heterocycles. The fraction of sp³-hybridized carbons (Fsp3) is 0.214. The molecule has 124 valence electrons. The van der Waals surface area contributed by atoms with Gasteiger partial charge < -0.3 is 14.9 Å². The lowest BCUT2D eigenvalue weighted by atomic mass is 10.2. The van der Waals surface area contributed by atoms with Crippen LogP contribution in [0.15, 0.2) is 41.3 Å². The molecule has 0 unspecified atom stereocenters. The van der Waals surface area contributed by atoms with Gasteiger partial charge in [0, 0.05) is 12.1 Å². The molecule has 8 nitrogen and oxygen atoms in total. The number of aromatic nitrogens is 1. The molecule has 0 saturated carbocycles. The molecule has 0 atom stereocenters. The second kappa shape index (κ2) is 6.61. The van der Waals surface area contributed by atoms with Crippen molar-refractivity contribution in [2.75, 3.05) is 12.4 Å². The molecule has 2 rings (SSSR count). The van der Waals surface area contributed by atoms with Crippen molar-refractivity contribution in [2.24, 2.45) is 0 Å². The summed E-state index contributed by atoms with van der Waals surface area (Å²) in [5.74, 6) is -1.44. The van der Waals surface area contributed by atoms with E-state index in [0.29, 0.717) is 4.73 Å². The molecule has 1 heterocycles. The normalized spacial score (nSPS) is 11.2. The molecular weight excluding hydrogens is 326 g/mol. The quantitative estimate of drug-likeness (QED) is 0.786. The highest BCUT2D eigenvalue weighted by molar-refractivity contribution is 7.91. The Labute approximate surface area is 132 Å². The number of aryl methyl sites for hydroxylation is 1. The predicted molar refractivity (Wildman–Crippen MR) is 78.9 cm³/mol. The number of carbonyl (C=O) groups excluding carboxylic acids is 1. The molecule has 23 heavy (non-hydrogen) atoms. The van der Waals surface area contributed by atoms with Gasteiger partial charge >= 0.3 is 6.16 Å². The first-order valence-corrected chi connectivity index (χ1v) is 8.19. The van der Waals surface area contributed by atoms with Crippen molar-refractivity contribution in [2.45, 2.75) is 11.8 Å². The highest BCUT2D eigenvalue weighted by Gasteiger charge is 2.17. The number of ether oxygens (including phenoxy) is 1. The van der Waals surface area contributed by atoms with Crippen LogP contribution >= 0.6 is 0 Å². The molecule has 0 aliphatic rings. The minimum atomic E-state index is -3.59. The maximum Gasteiger partial charge on any atom is 0.533 e. The second-order valence-electron chi connectivity index (χ2n) is 4.67. The van der Waals surface area contributed by atoms with Crippen LogP contribution in [0.3, 0.4) is 0 Å². The van der Waals surface area contributed by atoms with Gasteiger partial charge in [-0.05, 0) is 19.1 Å². The van der Waals surface area contributed by atoms with Crippen LogP contribution in [0.1, 0.15) is 5.56 Å². The van der Waals surface area contributed by atoms with Gasteiger partial charge in [0.05, 0.1) is 10.6 Å². The van der Waals surface area contributed by atoms with Crippen LogP contribution in [-0.4, -0.2) is 41.9 Å². The van der Waals surface area contributed by atoms with E-state index in [1.165, 1.54) is 12.1 Å². The van der Waals surface area contributed by atoms with Gasteiger partial charge in [0.2, 0.25) is 11.8 Å². The van der Waals surface area contributed by atoms with Gasteiger partial charge in [0.25, 0.3) is 0 Å². The third-order valence-corrected chi connectivity index (χ3v) is 4.61. The first-order chi connectivity index (χ1) is 10.8. The maximum atomic E-state index is 12.0. The monoisotopic (exact) mass is 341 g/mol. The third-order valence-electron chi connectivity index (χ3n) is 2.92. The largest absolute Gasteiger partial charge is 0.533 e. The van der Waals surface area contributed by atoms with Crippen molar-refractivity contribution in [1.29, 1.82) is 0 Å². The van der Waals surface area contributed by atoms with Gasteiger partial charge in [-0.15, -0.1) is 4.73 Å². The van der Waals surface area contributed by atoms with E-state index < -0.39 is 40.1 Å². The number of rotatable bonds is 5. The number of aromatic hydroxyl groups is 2. The van der Waals surface area contributed by atoms with E-state index in [-0.39, 0.29) is 4.90 Å². The Balaban J connectivity index is 1.89. The van der Waals surface area contributed by atoms with Gasteiger partial charge in [-0.25, -0.2) is 13.2 Å². The topological polar surface area (TPSA) is 115 Å². The van der Waals surface area contributed by atoms with Crippen LogP contribution in [0.4, 0.5) is 4.79 Å². The van der Waals surface area contributed by atoms with Gasteiger partial charge in [-0.1, -0.05) is 17.7 Å². The van der Waals surface area contributed by atoms with Crippen LogP contribution < -0.4 is 4.84 Å². The molecule has 0 amide bonds. The average molecular weight is 341 g/mol.